The first-order valence-electron chi connectivity index (χ1n) is 14.7. The number of ether oxygens (including phenoxy) is 1. The van der Waals surface area contributed by atoms with Crippen LogP contribution in [0, 0.1) is 0 Å². The van der Waals surface area contributed by atoms with Crippen LogP contribution in [0.2, 0.25) is 0 Å². The molecule has 41 heavy (non-hydrogen) atoms. The molecule has 3 N–H and O–H groups in total. The fraction of sp³-hybridized carbons (Fsp3) is 0.469. The van der Waals surface area contributed by atoms with E-state index in [2.05, 4.69) is 22.8 Å². The van der Waals surface area contributed by atoms with Crippen LogP contribution < -0.4 is 10.6 Å². The SMILES string of the molecule is CC(=O)NCCOC[C@]1(O)CCCC[C@H]1n1cnc(C(=O)N2CCNC[C@H]2Cc2ccccc2)c1-c1ccccc1. The summed E-state index contributed by atoms with van der Waals surface area (Å²) in [7, 11) is 0. The van der Waals surface area contributed by atoms with Gasteiger partial charge in [-0.15, -0.1) is 0 Å². The Kier molecular flexibility index (Phi) is 9.49. The molecule has 9 heteroatoms. The van der Waals surface area contributed by atoms with Gasteiger partial charge in [0.05, 0.1) is 31.3 Å². The van der Waals surface area contributed by atoms with Crippen molar-refractivity contribution in [3.05, 3.63) is 78.2 Å². The highest BCUT2D eigenvalue weighted by molar-refractivity contribution is 5.98. The van der Waals surface area contributed by atoms with E-state index in [1.54, 1.807) is 6.33 Å². The van der Waals surface area contributed by atoms with E-state index in [1.807, 2.05) is 58.0 Å². The number of piperazine rings is 1. The van der Waals surface area contributed by atoms with Crippen LogP contribution in [0.3, 0.4) is 0 Å². The lowest BCUT2D eigenvalue weighted by Gasteiger charge is -2.41. The summed E-state index contributed by atoms with van der Waals surface area (Å²) in [6.07, 6.45) is 5.68. The van der Waals surface area contributed by atoms with E-state index in [9.17, 15) is 14.7 Å². The number of hydrogen-bond acceptors (Lipinski definition) is 6. The molecule has 3 atom stereocenters. The second-order valence-electron chi connectivity index (χ2n) is 11.2. The molecule has 2 aliphatic rings. The molecule has 9 nitrogen and oxygen atoms in total. The number of nitrogens with zero attached hydrogens (tertiary/aromatic N) is 3. The minimum absolute atomic E-state index is 0.0102. The zero-order chi connectivity index (χ0) is 28.7. The smallest absolute Gasteiger partial charge is 0.275 e. The molecule has 2 amide bonds. The number of rotatable bonds is 10. The number of carbonyl (C=O) groups excluding carboxylic acids is 2. The number of benzene rings is 2. The summed E-state index contributed by atoms with van der Waals surface area (Å²) in [5.41, 5.74) is 2.11. The maximum atomic E-state index is 14.3. The van der Waals surface area contributed by atoms with Gasteiger partial charge >= 0.3 is 0 Å². The fourth-order valence-corrected chi connectivity index (χ4v) is 6.19. The van der Waals surface area contributed by atoms with Crippen LogP contribution in [-0.2, 0) is 16.0 Å². The van der Waals surface area contributed by atoms with Crippen LogP contribution in [0.5, 0.6) is 0 Å². The molecule has 0 unspecified atom stereocenters. The molecule has 3 aromatic rings. The van der Waals surface area contributed by atoms with Crippen LogP contribution in [0.4, 0.5) is 0 Å². The molecule has 1 aliphatic carbocycles. The van der Waals surface area contributed by atoms with Crippen molar-refractivity contribution >= 4 is 11.8 Å². The van der Waals surface area contributed by atoms with Crippen molar-refractivity contribution in [2.24, 2.45) is 0 Å². The van der Waals surface area contributed by atoms with E-state index >= 15 is 0 Å². The Morgan fingerprint density at radius 1 is 1.12 bits per heavy atom. The fourth-order valence-electron chi connectivity index (χ4n) is 6.19. The average Bonchev–Trinajstić information content (AvgIpc) is 3.43. The highest BCUT2D eigenvalue weighted by atomic mass is 16.5. The first-order chi connectivity index (χ1) is 20.0. The largest absolute Gasteiger partial charge is 0.385 e. The summed E-state index contributed by atoms with van der Waals surface area (Å²) in [4.78, 5) is 32.1. The number of nitrogens with one attached hydrogen (secondary N) is 2. The van der Waals surface area contributed by atoms with E-state index in [-0.39, 0.29) is 30.5 Å². The lowest BCUT2D eigenvalue weighted by Crippen LogP contribution is -2.54. The summed E-state index contributed by atoms with van der Waals surface area (Å²) < 4.78 is 7.87. The summed E-state index contributed by atoms with van der Waals surface area (Å²) >= 11 is 0. The molecule has 5 rings (SSSR count). The Hall–Kier alpha value is -3.53. The maximum absolute atomic E-state index is 14.3. The Morgan fingerprint density at radius 2 is 1.88 bits per heavy atom. The number of aliphatic hydroxyl groups is 1. The van der Waals surface area contributed by atoms with Crippen LogP contribution in [-0.4, -0.2) is 82.4 Å². The molecule has 0 bridgehead atoms. The highest BCUT2D eigenvalue weighted by Crippen LogP contribution is 2.41. The van der Waals surface area contributed by atoms with Crippen molar-refractivity contribution in [2.45, 2.75) is 56.7 Å². The van der Waals surface area contributed by atoms with Crippen LogP contribution in [0.25, 0.3) is 11.3 Å². The topological polar surface area (TPSA) is 109 Å². The molecule has 1 saturated heterocycles. The summed E-state index contributed by atoms with van der Waals surface area (Å²) in [6.45, 7) is 4.38. The minimum Gasteiger partial charge on any atom is -0.385 e. The van der Waals surface area contributed by atoms with E-state index < -0.39 is 5.60 Å². The second-order valence-corrected chi connectivity index (χ2v) is 11.2. The highest BCUT2D eigenvalue weighted by Gasteiger charge is 2.42. The minimum atomic E-state index is -1.12. The van der Waals surface area contributed by atoms with Gasteiger partial charge in [0.25, 0.3) is 5.91 Å². The summed E-state index contributed by atoms with van der Waals surface area (Å²) in [6, 6.07) is 19.8. The quantitative estimate of drug-likeness (QED) is 0.329. The second kappa shape index (κ2) is 13.4. The molecule has 0 spiro atoms. The number of imidazole rings is 1. The van der Waals surface area contributed by atoms with Gasteiger partial charge in [-0.25, -0.2) is 4.98 Å². The predicted molar refractivity (Wildman–Crippen MR) is 157 cm³/mol. The molecule has 1 aliphatic heterocycles. The molecule has 2 fully saturated rings. The number of carbonyl (C=O) groups is 2. The standard InChI is InChI=1S/C32H41N5O4/c1-24(38)34-17-19-41-22-32(40)15-9-8-14-28(32)37-23-35-29(30(37)26-12-6-3-7-13-26)31(39)36-18-16-33-21-27(36)20-25-10-4-2-5-11-25/h2-7,10-13,23,27-28,33,40H,8-9,14-22H2,1H3,(H,34,38)/t27-,28-,32-/m1/s1. The maximum Gasteiger partial charge on any atom is 0.275 e. The third kappa shape index (κ3) is 6.86. The van der Waals surface area contributed by atoms with E-state index in [0.29, 0.717) is 31.8 Å². The molecule has 1 saturated carbocycles. The molecular weight excluding hydrogens is 518 g/mol. The lowest BCUT2D eigenvalue weighted by atomic mass is 9.80. The van der Waals surface area contributed by atoms with Gasteiger partial charge in [0.1, 0.15) is 5.60 Å². The zero-order valence-electron chi connectivity index (χ0n) is 23.8. The van der Waals surface area contributed by atoms with Crippen LogP contribution in [0.15, 0.2) is 67.0 Å². The third-order valence-corrected chi connectivity index (χ3v) is 8.23. The van der Waals surface area contributed by atoms with Gasteiger partial charge in [-0.05, 0) is 24.8 Å². The Labute approximate surface area is 241 Å². The van der Waals surface area contributed by atoms with Gasteiger partial charge in [0.2, 0.25) is 5.91 Å². The predicted octanol–water partition coefficient (Wildman–Crippen LogP) is 3.21. The van der Waals surface area contributed by atoms with Crippen LogP contribution in [0.1, 0.15) is 54.7 Å². The van der Waals surface area contributed by atoms with E-state index in [4.69, 9.17) is 9.72 Å². The Balaban J connectivity index is 1.44. The van der Waals surface area contributed by atoms with Gasteiger partial charge in [-0.3, -0.25) is 9.59 Å². The monoisotopic (exact) mass is 559 g/mol. The average molecular weight is 560 g/mol. The molecule has 2 heterocycles. The van der Waals surface area contributed by atoms with Crippen molar-refractivity contribution in [1.29, 1.82) is 0 Å². The van der Waals surface area contributed by atoms with Gasteiger partial charge in [-0.2, -0.15) is 0 Å². The first-order valence-corrected chi connectivity index (χ1v) is 14.7. The van der Waals surface area contributed by atoms with Gasteiger partial charge in [0, 0.05) is 44.7 Å². The van der Waals surface area contributed by atoms with Crippen LogP contribution >= 0.6 is 0 Å². The van der Waals surface area contributed by atoms with Crippen molar-refractivity contribution in [3.63, 3.8) is 0 Å². The van der Waals surface area contributed by atoms with Gasteiger partial charge in [0.15, 0.2) is 5.69 Å². The third-order valence-electron chi connectivity index (χ3n) is 8.23. The Morgan fingerprint density at radius 3 is 2.63 bits per heavy atom. The summed E-state index contributed by atoms with van der Waals surface area (Å²) in [5.74, 6) is -0.197. The number of amides is 2. The van der Waals surface area contributed by atoms with Gasteiger partial charge in [-0.1, -0.05) is 73.5 Å². The molecule has 1 aromatic heterocycles. The number of aromatic nitrogens is 2. The van der Waals surface area contributed by atoms with Crippen molar-refractivity contribution in [1.82, 2.24) is 25.1 Å². The van der Waals surface area contributed by atoms with E-state index in [0.717, 1.165) is 50.0 Å². The summed E-state index contributed by atoms with van der Waals surface area (Å²) in [5, 5.41) is 18.1. The van der Waals surface area contributed by atoms with Crippen molar-refractivity contribution < 1.29 is 19.4 Å². The van der Waals surface area contributed by atoms with Crippen molar-refractivity contribution in [3.8, 4) is 11.3 Å². The molecular formula is C32H41N5O4. The Bertz CT molecular complexity index is 1300. The zero-order valence-corrected chi connectivity index (χ0v) is 23.8. The first kappa shape index (κ1) is 29.0. The van der Waals surface area contributed by atoms with Gasteiger partial charge < -0.3 is 29.9 Å². The normalized spacial score (nSPS) is 22.8. The van der Waals surface area contributed by atoms with Crippen molar-refractivity contribution in [2.75, 3.05) is 39.4 Å². The molecule has 218 valence electrons. The molecule has 2 aromatic carbocycles. The van der Waals surface area contributed by atoms with E-state index in [1.165, 1.54) is 12.5 Å². The lowest BCUT2D eigenvalue weighted by molar-refractivity contribution is -0.119. The number of hydrogen-bond donors (Lipinski definition) is 3. The molecule has 0 radical (unpaired) electrons.